The van der Waals surface area contributed by atoms with Crippen molar-refractivity contribution < 1.29 is 37.3 Å². The van der Waals surface area contributed by atoms with Gasteiger partial charge in [0.25, 0.3) is 0 Å². The lowest BCUT2D eigenvalue weighted by Crippen LogP contribution is -2.37. The zero-order valence-corrected chi connectivity index (χ0v) is 40.2. The van der Waals surface area contributed by atoms with Crippen molar-refractivity contribution in [2.75, 3.05) is 54.1 Å². The number of carbonyl (C=O) groups excluding carboxylic acids is 1. The van der Waals surface area contributed by atoms with Crippen LogP contribution in [0.5, 0.6) is 0 Å². The van der Waals surface area contributed by atoms with Gasteiger partial charge in [0.2, 0.25) is 0 Å². The fourth-order valence-electron chi connectivity index (χ4n) is 5.69. The second kappa shape index (κ2) is 43.8. The molecule has 8 nitrogen and oxygen atoms in total. The van der Waals surface area contributed by atoms with Crippen LogP contribution in [0.2, 0.25) is 0 Å². The van der Waals surface area contributed by atoms with Gasteiger partial charge < -0.3 is 18.9 Å². The highest BCUT2D eigenvalue weighted by atomic mass is 31.2. The first kappa shape index (κ1) is 58.2. The molecule has 9 heteroatoms. The molecule has 0 heterocycles. The maximum atomic E-state index is 12.7. The number of carbonyl (C=O) groups is 1. The lowest BCUT2D eigenvalue weighted by Gasteiger charge is -2.24. The van der Waals surface area contributed by atoms with Gasteiger partial charge in [0.1, 0.15) is 19.3 Å². The van der Waals surface area contributed by atoms with E-state index in [1.54, 1.807) is 0 Å². The molecular formula is C52H89NO7P+. The second-order valence-electron chi connectivity index (χ2n) is 16.4. The number of nitrogens with zero attached hydrogens (tertiary/aromatic N) is 1. The van der Waals surface area contributed by atoms with Crippen molar-refractivity contribution in [3.8, 4) is 0 Å². The lowest BCUT2D eigenvalue weighted by molar-refractivity contribution is -0.870. The average Bonchev–Trinajstić information content (AvgIpc) is 3.22. The van der Waals surface area contributed by atoms with E-state index in [0.717, 1.165) is 96.3 Å². The van der Waals surface area contributed by atoms with Crippen LogP contribution < -0.4 is 0 Å². The molecule has 0 spiro atoms. The van der Waals surface area contributed by atoms with E-state index in [9.17, 15) is 14.3 Å². The molecule has 0 saturated carbocycles. The predicted molar refractivity (Wildman–Crippen MR) is 261 cm³/mol. The molecule has 61 heavy (non-hydrogen) atoms. The third-order valence-corrected chi connectivity index (χ3v) is 10.3. The van der Waals surface area contributed by atoms with E-state index in [4.69, 9.17) is 18.5 Å². The van der Waals surface area contributed by atoms with E-state index in [-0.39, 0.29) is 25.8 Å². The Bertz CT molecular complexity index is 1340. The zero-order chi connectivity index (χ0) is 44.8. The predicted octanol–water partition coefficient (Wildman–Crippen LogP) is 14.4. The van der Waals surface area contributed by atoms with Crippen LogP contribution in [0.15, 0.2) is 109 Å². The summed E-state index contributed by atoms with van der Waals surface area (Å²) < 4.78 is 35.0. The minimum atomic E-state index is -4.31. The van der Waals surface area contributed by atoms with E-state index < -0.39 is 13.9 Å². The molecule has 0 fully saturated rings. The monoisotopic (exact) mass is 871 g/mol. The zero-order valence-electron chi connectivity index (χ0n) is 39.4. The number of unbranched alkanes of at least 4 members (excludes halogenated alkanes) is 10. The van der Waals surface area contributed by atoms with Crippen LogP contribution in [0.3, 0.4) is 0 Å². The number of hydrogen-bond donors (Lipinski definition) is 1. The number of phosphoric ester groups is 1. The maximum Gasteiger partial charge on any atom is 0.472 e. The topological polar surface area (TPSA) is 91.3 Å². The Hall–Kier alpha value is -2.84. The van der Waals surface area contributed by atoms with Gasteiger partial charge in [-0.15, -0.1) is 0 Å². The standard InChI is InChI=1S/C52H88NO7P/c1-6-8-10-12-14-16-18-20-22-24-26-28-30-32-34-36-38-40-42-44-47-57-49-51(50-59-61(55,56)58-48-46-53(3,4)5)60-52(54)45-43-41-39-37-35-33-31-29-27-25-23-21-19-17-15-13-11-9-7-2/h8,10,14-17,20-23,26-29,32,34,38,40,51H,6-7,9,11-13,18-19,24-25,30-31,33,35-37,39,41-50H2,1-5H3/p+1/b10-8-,16-14-,17-15-,22-20-,23-21-,28-26-,29-27-,34-32-,40-38-. The molecule has 0 saturated heterocycles. The average molecular weight is 871 g/mol. The summed E-state index contributed by atoms with van der Waals surface area (Å²) in [6, 6.07) is 0. The van der Waals surface area contributed by atoms with Crippen LogP contribution in [-0.4, -0.2) is 75.6 Å². The number of phosphoric acid groups is 1. The number of hydrogen-bond acceptors (Lipinski definition) is 6. The van der Waals surface area contributed by atoms with Crippen LogP contribution in [0.25, 0.3) is 0 Å². The van der Waals surface area contributed by atoms with Crippen LogP contribution in [-0.2, 0) is 27.9 Å². The summed E-state index contributed by atoms with van der Waals surface area (Å²) >= 11 is 0. The molecule has 348 valence electrons. The highest BCUT2D eigenvalue weighted by molar-refractivity contribution is 7.47. The van der Waals surface area contributed by atoms with E-state index in [2.05, 4.69) is 123 Å². The summed E-state index contributed by atoms with van der Waals surface area (Å²) in [6.07, 6.45) is 61.4. The van der Waals surface area contributed by atoms with Gasteiger partial charge in [-0.25, -0.2) is 4.57 Å². The van der Waals surface area contributed by atoms with Gasteiger partial charge in [0.15, 0.2) is 0 Å². The minimum absolute atomic E-state index is 0.0682. The first-order chi connectivity index (χ1) is 29.6. The van der Waals surface area contributed by atoms with Gasteiger partial charge in [0, 0.05) is 13.0 Å². The van der Waals surface area contributed by atoms with Crippen molar-refractivity contribution in [3.63, 3.8) is 0 Å². The Kier molecular flexibility index (Phi) is 41.8. The Labute approximate surface area is 374 Å². The molecule has 1 N–H and O–H groups in total. The first-order valence-electron chi connectivity index (χ1n) is 23.6. The minimum Gasteiger partial charge on any atom is -0.457 e. The van der Waals surface area contributed by atoms with E-state index in [1.165, 1.54) is 38.5 Å². The number of allylic oxidation sites excluding steroid dienone is 18. The van der Waals surface area contributed by atoms with Crippen molar-refractivity contribution in [3.05, 3.63) is 109 Å². The van der Waals surface area contributed by atoms with Crippen LogP contribution >= 0.6 is 7.82 Å². The Balaban J connectivity index is 4.37. The lowest BCUT2D eigenvalue weighted by atomic mass is 10.1. The SMILES string of the molecule is CC/C=C\C/C=C\C/C=C\C/C=C\C/C=C\C/C=C\CCCOCC(COP(=O)(O)OCC[N+](C)(C)C)OC(=O)CCCCCCCC/C=C\C/C=C\C/C=C\CCCCC. The van der Waals surface area contributed by atoms with Gasteiger partial charge >= 0.3 is 13.8 Å². The fourth-order valence-corrected chi connectivity index (χ4v) is 6.43. The molecule has 2 atom stereocenters. The molecule has 0 rings (SSSR count). The molecule has 0 bridgehead atoms. The number of esters is 1. The van der Waals surface area contributed by atoms with Crippen molar-refractivity contribution >= 4 is 13.8 Å². The fraction of sp³-hybridized carbons (Fsp3) is 0.635. The van der Waals surface area contributed by atoms with Gasteiger partial charge in [-0.3, -0.25) is 13.8 Å². The molecule has 0 aliphatic rings. The first-order valence-corrected chi connectivity index (χ1v) is 25.1. The number of likely N-dealkylation sites (N-methyl/N-ethyl adjacent to an activating group) is 1. The third kappa shape index (κ3) is 48.1. The van der Waals surface area contributed by atoms with Crippen LogP contribution in [0.4, 0.5) is 0 Å². The number of rotatable bonds is 42. The van der Waals surface area contributed by atoms with E-state index >= 15 is 0 Å². The summed E-state index contributed by atoms with van der Waals surface area (Å²) in [7, 11) is 1.60. The van der Waals surface area contributed by atoms with E-state index in [1.807, 2.05) is 21.1 Å². The summed E-state index contributed by atoms with van der Waals surface area (Å²) in [5, 5.41) is 0. The Morgan fingerprint density at radius 3 is 1.43 bits per heavy atom. The summed E-state index contributed by atoms with van der Waals surface area (Å²) in [5.74, 6) is -0.351. The van der Waals surface area contributed by atoms with Crippen molar-refractivity contribution in [2.24, 2.45) is 0 Å². The third-order valence-electron chi connectivity index (χ3n) is 9.32. The quantitative estimate of drug-likeness (QED) is 0.0215. The highest BCUT2D eigenvalue weighted by Crippen LogP contribution is 2.43. The highest BCUT2D eigenvalue weighted by Gasteiger charge is 2.26. The molecule has 0 aliphatic heterocycles. The second-order valence-corrected chi connectivity index (χ2v) is 17.9. The van der Waals surface area contributed by atoms with Crippen molar-refractivity contribution in [1.29, 1.82) is 0 Å². The molecule has 0 aromatic carbocycles. The molecule has 2 unspecified atom stereocenters. The Morgan fingerprint density at radius 1 is 0.525 bits per heavy atom. The largest absolute Gasteiger partial charge is 0.472 e. The normalized spacial score (nSPS) is 14.7. The number of quaternary nitrogens is 1. The molecule has 0 amide bonds. The van der Waals surface area contributed by atoms with Gasteiger partial charge in [0.05, 0.1) is 34.4 Å². The van der Waals surface area contributed by atoms with Gasteiger partial charge in [-0.05, 0) is 96.3 Å². The molecular weight excluding hydrogens is 782 g/mol. The van der Waals surface area contributed by atoms with E-state index in [0.29, 0.717) is 24.1 Å². The summed E-state index contributed by atoms with van der Waals surface area (Å²) in [4.78, 5) is 22.9. The van der Waals surface area contributed by atoms with Gasteiger partial charge in [-0.2, -0.15) is 0 Å². The maximum absolute atomic E-state index is 12.7. The molecule has 0 radical (unpaired) electrons. The summed E-state index contributed by atoms with van der Waals surface area (Å²) in [5.41, 5.74) is 0. The Morgan fingerprint density at radius 2 is 0.951 bits per heavy atom. The summed E-state index contributed by atoms with van der Waals surface area (Å²) in [6.45, 7) is 5.27. The van der Waals surface area contributed by atoms with Gasteiger partial charge in [-0.1, -0.05) is 162 Å². The van der Waals surface area contributed by atoms with Crippen molar-refractivity contribution in [1.82, 2.24) is 0 Å². The van der Waals surface area contributed by atoms with Crippen LogP contribution in [0.1, 0.15) is 155 Å². The van der Waals surface area contributed by atoms with Crippen molar-refractivity contribution in [2.45, 2.75) is 161 Å². The molecule has 0 aromatic rings. The molecule has 0 aromatic heterocycles. The van der Waals surface area contributed by atoms with Crippen LogP contribution in [0, 0.1) is 0 Å². The smallest absolute Gasteiger partial charge is 0.457 e. The number of ether oxygens (including phenoxy) is 2. The molecule has 0 aliphatic carbocycles.